The van der Waals surface area contributed by atoms with E-state index in [1.807, 2.05) is 0 Å². The average Bonchev–Trinajstić information content (AvgIpc) is 2.78. The number of carbonyl (C=O) groups excluding carboxylic acids is 1. The summed E-state index contributed by atoms with van der Waals surface area (Å²) < 4.78 is 4.93. The molecule has 1 aromatic heterocycles. The van der Waals surface area contributed by atoms with E-state index in [0.717, 1.165) is 11.0 Å². The molecule has 0 aliphatic rings. The molecule has 0 amide bonds. The number of rotatable bonds is 5. The van der Waals surface area contributed by atoms with Gasteiger partial charge in [0.1, 0.15) is 0 Å². The van der Waals surface area contributed by atoms with Crippen LogP contribution in [0.2, 0.25) is 0 Å². The Hall–Kier alpha value is -2.08. The van der Waals surface area contributed by atoms with Crippen molar-refractivity contribution in [3.8, 4) is 0 Å². The normalized spacial score (nSPS) is 10.6. The van der Waals surface area contributed by atoms with Crippen LogP contribution in [0.1, 0.15) is 17.3 Å². The van der Waals surface area contributed by atoms with Gasteiger partial charge in [0.2, 0.25) is 5.95 Å². The van der Waals surface area contributed by atoms with E-state index in [1.54, 1.807) is 25.1 Å². The number of H-pyrrole nitrogens is 1. The number of esters is 1. The number of aliphatic hydroxyl groups is 1. The number of nitrogens with one attached hydrogen (secondary N) is 2. The van der Waals surface area contributed by atoms with E-state index < -0.39 is 0 Å². The minimum absolute atomic E-state index is 0.0329. The van der Waals surface area contributed by atoms with Crippen LogP contribution >= 0.6 is 0 Å². The van der Waals surface area contributed by atoms with Crippen LogP contribution in [0.4, 0.5) is 5.95 Å². The molecule has 2 aromatic rings. The van der Waals surface area contributed by atoms with Gasteiger partial charge in [0.15, 0.2) is 0 Å². The summed E-state index contributed by atoms with van der Waals surface area (Å²) in [7, 11) is 0. The maximum absolute atomic E-state index is 11.6. The van der Waals surface area contributed by atoms with Crippen molar-refractivity contribution in [2.24, 2.45) is 0 Å². The molecule has 2 rings (SSSR count). The number of aromatic nitrogens is 2. The second-order valence-corrected chi connectivity index (χ2v) is 3.69. The Bertz CT molecular complexity index is 550. The number of hydrogen-bond acceptors (Lipinski definition) is 5. The van der Waals surface area contributed by atoms with Gasteiger partial charge < -0.3 is 20.1 Å². The van der Waals surface area contributed by atoms with Crippen LogP contribution in [-0.4, -0.2) is 40.8 Å². The summed E-state index contributed by atoms with van der Waals surface area (Å²) in [6.07, 6.45) is 0. The van der Waals surface area contributed by atoms with Crippen molar-refractivity contribution < 1.29 is 14.6 Å². The summed E-state index contributed by atoms with van der Waals surface area (Å²) in [5.74, 6) is 0.221. The molecule has 0 spiro atoms. The van der Waals surface area contributed by atoms with Gasteiger partial charge in [-0.15, -0.1) is 0 Å². The summed E-state index contributed by atoms with van der Waals surface area (Å²) >= 11 is 0. The minimum Gasteiger partial charge on any atom is -0.462 e. The topological polar surface area (TPSA) is 87.2 Å². The number of hydrogen-bond donors (Lipinski definition) is 3. The Morgan fingerprint density at radius 3 is 3.11 bits per heavy atom. The number of ether oxygens (including phenoxy) is 1. The molecule has 0 aliphatic heterocycles. The molecule has 18 heavy (non-hydrogen) atoms. The number of anilines is 1. The maximum Gasteiger partial charge on any atom is 0.338 e. The molecule has 0 bridgehead atoms. The first-order chi connectivity index (χ1) is 8.74. The van der Waals surface area contributed by atoms with Crippen LogP contribution in [0, 0.1) is 0 Å². The fourth-order valence-corrected chi connectivity index (χ4v) is 1.61. The van der Waals surface area contributed by atoms with Crippen LogP contribution < -0.4 is 5.32 Å². The highest BCUT2D eigenvalue weighted by molar-refractivity contribution is 5.93. The molecule has 6 nitrogen and oxygen atoms in total. The number of imidazole rings is 1. The summed E-state index contributed by atoms with van der Waals surface area (Å²) in [6.45, 7) is 2.57. The predicted octanol–water partition coefficient (Wildman–Crippen LogP) is 1.14. The largest absolute Gasteiger partial charge is 0.462 e. The second kappa shape index (κ2) is 5.50. The Morgan fingerprint density at radius 2 is 2.39 bits per heavy atom. The zero-order valence-corrected chi connectivity index (χ0v) is 10.1. The summed E-state index contributed by atoms with van der Waals surface area (Å²) in [5, 5.41) is 11.6. The molecular weight excluding hydrogens is 234 g/mol. The smallest absolute Gasteiger partial charge is 0.338 e. The summed E-state index contributed by atoms with van der Waals surface area (Å²) in [5.41, 5.74) is 1.99. The fraction of sp³-hybridized carbons (Fsp3) is 0.333. The highest BCUT2D eigenvalue weighted by atomic mass is 16.5. The Kier molecular flexibility index (Phi) is 3.78. The van der Waals surface area contributed by atoms with Gasteiger partial charge in [-0.05, 0) is 25.1 Å². The standard InChI is InChI=1S/C12H15N3O3/c1-2-18-11(17)8-3-4-9-10(7-8)15-12(14-9)13-5-6-16/h3-4,7,16H,2,5-6H2,1H3,(H2,13,14,15). The first-order valence-corrected chi connectivity index (χ1v) is 5.76. The van der Waals surface area contributed by atoms with E-state index in [4.69, 9.17) is 9.84 Å². The van der Waals surface area contributed by atoms with Crippen LogP contribution in [0.25, 0.3) is 11.0 Å². The van der Waals surface area contributed by atoms with Crippen molar-refractivity contribution >= 4 is 23.0 Å². The van der Waals surface area contributed by atoms with Crippen molar-refractivity contribution in [3.63, 3.8) is 0 Å². The van der Waals surface area contributed by atoms with Crippen molar-refractivity contribution in [2.75, 3.05) is 25.1 Å². The number of aromatic amines is 1. The van der Waals surface area contributed by atoms with Crippen LogP contribution in [0.15, 0.2) is 18.2 Å². The van der Waals surface area contributed by atoms with E-state index in [0.29, 0.717) is 24.7 Å². The van der Waals surface area contributed by atoms with E-state index in [2.05, 4.69) is 15.3 Å². The predicted molar refractivity (Wildman–Crippen MR) is 67.6 cm³/mol. The van der Waals surface area contributed by atoms with Gasteiger partial charge in [0.05, 0.1) is 29.8 Å². The van der Waals surface area contributed by atoms with E-state index in [-0.39, 0.29) is 12.6 Å². The summed E-state index contributed by atoms with van der Waals surface area (Å²) in [6, 6.07) is 5.13. The zero-order valence-electron chi connectivity index (χ0n) is 10.1. The molecule has 0 aliphatic carbocycles. The Balaban J connectivity index is 2.25. The molecule has 0 saturated carbocycles. The number of fused-ring (bicyclic) bond motifs is 1. The van der Waals surface area contributed by atoms with Gasteiger partial charge in [-0.1, -0.05) is 0 Å². The highest BCUT2D eigenvalue weighted by Crippen LogP contribution is 2.16. The Labute approximate surface area is 104 Å². The van der Waals surface area contributed by atoms with Crippen molar-refractivity contribution in [1.29, 1.82) is 0 Å². The minimum atomic E-state index is -0.348. The number of nitrogens with zero attached hydrogens (tertiary/aromatic N) is 1. The third-order valence-corrected chi connectivity index (χ3v) is 2.40. The molecule has 0 atom stereocenters. The zero-order chi connectivity index (χ0) is 13.0. The molecule has 3 N–H and O–H groups in total. The van der Waals surface area contributed by atoms with Gasteiger partial charge in [0, 0.05) is 6.54 Å². The number of benzene rings is 1. The third kappa shape index (κ3) is 2.60. The number of carbonyl (C=O) groups is 1. The van der Waals surface area contributed by atoms with E-state index in [9.17, 15) is 4.79 Å². The summed E-state index contributed by atoms with van der Waals surface area (Å²) in [4.78, 5) is 18.9. The van der Waals surface area contributed by atoms with Crippen LogP contribution in [0.5, 0.6) is 0 Å². The molecule has 0 radical (unpaired) electrons. The average molecular weight is 249 g/mol. The van der Waals surface area contributed by atoms with Crippen LogP contribution in [-0.2, 0) is 4.74 Å². The third-order valence-electron chi connectivity index (χ3n) is 2.40. The van der Waals surface area contributed by atoms with E-state index in [1.165, 1.54) is 0 Å². The van der Waals surface area contributed by atoms with Gasteiger partial charge in [-0.3, -0.25) is 0 Å². The van der Waals surface area contributed by atoms with Gasteiger partial charge in [0.25, 0.3) is 0 Å². The second-order valence-electron chi connectivity index (χ2n) is 3.69. The quantitative estimate of drug-likeness (QED) is 0.692. The highest BCUT2D eigenvalue weighted by Gasteiger charge is 2.09. The molecule has 0 unspecified atom stereocenters. The maximum atomic E-state index is 11.6. The lowest BCUT2D eigenvalue weighted by Crippen LogP contribution is -2.06. The molecule has 0 fully saturated rings. The molecule has 1 heterocycles. The lowest BCUT2D eigenvalue weighted by Gasteiger charge is -2.00. The first kappa shape index (κ1) is 12.4. The molecule has 6 heteroatoms. The molecule has 0 saturated heterocycles. The Morgan fingerprint density at radius 1 is 1.56 bits per heavy atom. The van der Waals surface area contributed by atoms with Gasteiger partial charge in [-0.2, -0.15) is 0 Å². The molecule has 96 valence electrons. The van der Waals surface area contributed by atoms with E-state index >= 15 is 0 Å². The van der Waals surface area contributed by atoms with Gasteiger partial charge in [-0.25, -0.2) is 9.78 Å². The van der Waals surface area contributed by atoms with Gasteiger partial charge >= 0.3 is 5.97 Å². The van der Waals surface area contributed by atoms with Crippen LogP contribution in [0.3, 0.4) is 0 Å². The van der Waals surface area contributed by atoms with Crippen molar-refractivity contribution in [1.82, 2.24) is 9.97 Å². The van der Waals surface area contributed by atoms with Crippen molar-refractivity contribution in [2.45, 2.75) is 6.92 Å². The first-order valence-electron chi connectivity index (χ1n) is 5.76. The molecule has 1 aromatic carbocycles. The lowest BCUT2D eigenvalue weighted by atomic mass is 10.2. The van der Waals surface area contributed by atoms with Crippen molar-refractivity contribution in [3.05, 3.63) is 23.8 Å². The lowest BCUT2D eigenvalue weighted by molar-refractivity contribution is 0.0526. The SMILES string of the molecule is CCOC(=O)c1ccc2nc(NCCO)[nH]c2c1. The fourth-order valence-electron chi connectivity index (χ4n) is 1.61. The molecular formula is C12H15N3O3. The number of aliphatic hydroxyl groups excluding tert-OH is 1. The monoisotopic (exact) mass is 249 g/mol.